The van der Waals surface area contributed by atoms with Crippen LogP contribution in [-0.4, -0.2) is 49.3 Å². The highest BCUT2D eigenvalue weighted by molar-refractivity contribution is 6.24. The van der Waals surface area contributed by atoms with Crippen molar-refractivity contribution < 1.29 is 14.3 Å². The lowest BCUT2D eigenvalue weighted by atomic mass is 9.83. The fraction of sp³-hybridized carbons (Fsp3) is 0.684. The molecule has 0 aromatic rings. The molecule has 0 amide bonds. The van der Waals surface area contributed by atoms with Gasteiger partial charge in [-0.15, -0.1) is 0 Å². The van der Waals surface area contributed by atoms with Crippen molar-refractivity contribution >= 4 is 11.6 Å². The van der Waals surface area contributed by atoms with Gasteiger partial charge in [0.05, 0.1) is 13.2 Å². The number of nitrogens with zero attached hydrogens (tertiary/aromatic N) is 1. The van der Waals surface area contributed by atoms with Crippen LogP contribution in [0, 0.1) is 5.92 Å². The predicted octanol–water partition coefficient (Wildman–Crippen LogP) is 2.68. The second kappa shape index (κ2) is 7.10. The van der Waals surface area contributed by atoms with Gasteiger partial charge in [-0.2, -0.15) is 0 Å². The van der Waals surface area contributed by atoms with Gasteiger partial charge in [-0.05, 0) is 58.4 Å². The molecule has 4 heteroatoms. The van der Waals surface area contributed by atoms with E-state index < -0.39 is 0 Å². The molecule has 1 heterocycles. The summed E-state index contributed by atoms with van der Waals surface area (Å²) in [5.74, 6) is 0.849. The van der Waals surface area contributed by atoms with Crippen LogP contribution in [-0.2, 0) is 14.3 Å². The van der Waals surface area contributed by atoms with Crippen LogP contribution < -0.4 is 0 Å². The molecule has 1 fully saturated rings. The number of Topliss-reactive ketones (excluding diaryl/α,β-unsaturated/α-hetero) is 2. The maximum Gasteiger partial charge on any atom is 0.185 e. The molecular weight excluding hydrogens is 290 g/mol. The monoisotopic (exact) mass is 317 g/mol. The summed E-state index contributed by atoms with van der Waals surface area (Å²) in [6.45, 7) is 8.43. The molecule has 0 unspecified atom stereocenters. The van der Waals surface area contributed by atoms with E-state index in [1.165, 1.54) is 0 Å². The highest BCUT2D eigenvalue weighted by Crippen LogP contribution is 2.36. The quantitative estimate of drug-likeness (QED) is 0.751. The number of carbonyl (C=O) groups is 2. The van der Waals surface area contributed by atoms with Crippen LogP contribution in [0.4, 0.5) is 0 Å². The minimum Gasteiger partial charge on any atom is -0.379 e. The first-order chi connectivity index (χ1) is 11.1. The summed E-state index contributed by atoms with van der Waals surface area (Å²) < 4.78 is 5.39. The molecular formula is C19H27NO3. The minimum absolute atomic E-state index is 0.117. The van der Waals surface area contributed by atoms with Crippen molar-refractivity contribution in [2.24, 2.45) is 5.92 Å². The molecule has 0 aromatic heterocycles. The molecule has 3 rings (SSSR count). The van der Waals surface area contributed by atoms with Crippen LogP contribution in [0.15, 0.2) is 22.3 Å². The van der Waals surface area contributed by atoms with Gasteiger partial charge in [-0.3, -0.25) is 14.5 Å². The predicted molar refractivity (Wildman–Crippen MR) is 89.2 cm³/mol. The van der Waals surface area contributed by atoms with Crippen LogP contribution in [0.5, 0.6) is 0 Å². The van der Waals surface area contributed by atoms with Crippen LogP contribution in [0.2, 0.25) is 0 Å². The fourth-order valence-corrected chi connectivity index (χ4v) is 3.92. The van der Waals surface area contributed by atoms with Crippen LogP contribution in [0.3, 0.4) is 0 Å². The number of allylic oxidation sites excluding steroid dienone is 4. The number of carbonyl (C=O) groups excluding carboxylic acids is 2. The summed E-state index contributed by atoms with van der Waals surface area (Å²) in [7, 11) is 0. The Labute approximate surface area is 138 Å². The van der Waals surface area contributed by atoms with E-state index in [0.717, 1.165) is 76.1 Å². The van der Waals surface area contributed by atoms with E-state index in [-0.39, 0.29) is 11.6 Å². The topological polar surface area (TPSA) is 46.6 Å². The van der Waals surface area contributed by atoms with Crippen LogP contribution >= 0.6 is 0 Å². The van der Waals surface area contributed by atoms with E-state index in [9.17, 15) is 9.59 Å². The molecule has 0 saturated carbocycles. The first kappa shape index (κ1) is 16.6. The van der Waals surface area contributed by atoms with Gasteiger partial charge in [0.25, 0.3) is 0 Å². The molecule has 1 saturated heterocycles. The van der Waals surface area contributed by atoms with Crippen molar-refractivity contribution in [1.82, 2.24) is 4.90 Å². The SMILES string of the molecule is CC1=C(C)C(=O)C2=C(CCC(CCN3CCOCC3)CC2)C1=O. The third-order valence-electron chi connectivity index (χ3n) is 5.72. The Morgan fingerprint density at radius 1 is 0.957 bits per heavy atom. The molecule has 3 aliphatic rings. The number of hydrogen-bond acceptors (Lipinski definition) is 4. The van der Waals surface area contributed by atoms with Gasteiger partial charge in [0.1, 0.15) is 0 Å². The van der Waals surface area contributed by atoms with Crippen molar-refractivity contribution in [3.05, 3.63) is 22.3 Å². The average molecular weight is 317 g/mol. The first-order valence-electron chi connectivity index (χ1n) is 8.87. The number of morpholine rings is 1. The van der Waals surface area contributed by atoms with Crippen molar-refractivity contribution in [2.45, 2.75) is 46.0 Å². The van der Waals surface area contributed by atoms with E-state index in [1.54, 1.807) is 13.8 Å². The zero-order valence-corrected chi connectivity index (χ0v) is 14.3. The Morgan fingerprint density at radius 3 is 2.00 bits per heavy atom. The minimum atomic E-state index is 0.117. The molecule has 1 aliphatic heterocycles. The number of hydrogen-bond donors (Lipinski definition) is 0. The third kappa shape index (κ3) is 3.48. The van der Waals surface area contributed by atoms with Gasteiger partial charge >= 0.3 is 0 Å². The zero-order chi connectivity index (χ0) is 16.4. The molecule has 0 spiro atoms. The molecule has 0 radical (unpaired) electrons. The average Bonchev–Trinajstić information content (AvgIpc) is 2.80. The summed E-state index contributed by atoms with van der Waals surface area (Å²) in [4.78, 5) is 27.4. The molecule has 0 atom stereocenters. The lowest BCUT2D eigenvalue weighted by Gasteiger charge is -2.28. The molecule has 0 N–H and O–H groups in total. The Bertz CT molecular complexity index is 529. The Kier molecular flexibility index (Phi) is 5.12. The lowest BCUT2D eigenvalue weighted by molar-refractivity contribution is -0.116. The Balaban J connectivity index is 1.59. The van der Waals surface area contributed by atoms with E-state index >= 15 is 0 Å². The first-order valence-corrected chi connectivity index (χ1v) is 8.87. The largest absolute Gasteiger partial charge is 0.379 e. The second-order valence-electron chi connectivity index (χ2n) is 7.05. The molecule has 126 valence electrons. The molecule has 2 aliphatic carbocycles. The number of rotatable bonds is 3. The maximum absolute atomic E-state index is 12.5. The third-order valence-corrected chi connectivity index (χ3v) is 5.72. The smallest absolute Gasteiger partial charge is 0.185 e. The Morgan fingerprint density at radius 2 is 1.48 bits per heavy atom. The van der Waals surface area contributed by atoms with Gasteiger partial charge in [0, 0.05) is 35.4 Å². The molecule has 0 aromatic carbocycles. The number of ether oxygens (including phenoxy) is 1. The zero-order valence-electron chi connectivity index (χ0n) is 14.3. The maximum atomic E-state index is 12.5. The Hall–Kier alpha value is -1.26. The van der Waals surface area contributed by atoms with Crippen molar-refractivity contribution in [3.8, 4) is 0 Å². The normalized spacial score (nSPS) is 25.0. The molecule has 23 heavy (non-hydrogen) atoms. The van der Waals surface area contributed by atoms with Crippen LogP contribution in [0.1, 0.15) is 46.0 Å². The van der Waals surface area contributed by atoms with Gasteiger partial charge in [0.2, 0.25) is 0 Å². The van der Waals surface area contributed by atoms with Crippen LogP contribution in [0.25, 0.3) is 0 Å². The summed E-state index contributed by atoms with van der Waals surface area (Å²) in [6, 6.07) is 0. The summed E-state index contributed by atoms with van der Waals surface area (Å²) in [6.07, 6.45) is 4.79. The highest BCUT2D eigenvalue weighted by Gasteiger charge is 2.32. The van der Waals surface area contributed by atoms with E-state index in [4.69, 9.17) is 4.74 Å². The fourth-order valence-electron chi connectivity index (χ4n) is 3.92. The lowest BCUT2D eigenvalue weighted by Crippen LogP contribution is -2.37. The van der Waals surface area contributed by atoms with Crippen molar-refractivity contribution in [2.75, 3.05) is 32.8 Å². The van der Waals surface area contributed by atoms with Gasteiger partial charge in [-0.1, -0.05) is 0 Å². The second-order valence-corrected chi connectivity index (χ2v) is 7.05. The van der Waals surface area contributed by atoms with E-state index in [0.29, 0.717) is 17.1 Å². The van der Waals surface area contributed by atoms with Crippen molar-refractivity contribution in [1.29, 1.82) is 0 Å². The molecule has 4 nitrogen and oxygen atoms in total. The van der Waals surface area contributed by atoms with Gasteiger partial charge in [0.15, 0.2) is 11.6 Å². The standard InChI is InChI=1S/C19H27NO3/c1-13-14(2)19(22)17-6-4-15(3-5-16(17)18(13)21)7-8-20-9-11-23-12-10-20/h15H,3-12H2,1-2H3. The summed E-state index contributed by atoms with van der Waals surface area (Å²) in [5.41, 5.74) is 2.93. The summed E-state index contributed by atoms with van der Waals surface area (Å²) >= 11 is 0. The van der Waals surface area contributed by atoms with Gasteiger partial charge in [-0.25, -0.2) is 0 Å². The van der Waals surface area contributed by atoms with Gasteiger partial charge < -0.3 is 4.74 Å². The highest BCUT2D eigenvalue weighted by atomic mass is 16.5. The van der Waals surface area contributed by atoms with E-state index in [2.05, 4.69) is 4.90 Å². The van der Waals surface area contributed by atoms with E-state index in [1.807, 2.05) is 0 Å². The molecule has 0 bridgehead atoms. The van der Waals surface area contributed by atoms with Crippen molar-refractivity contribution in [3.63, 3.8) is 0 Å². The summed E-state index contributed by atoms with van der Waals surface area (Å²) in [5, 5.41) is 0. The number of ketones is 2.